The predicted octanol–water partition coefficient (Wildman–Crippen LogP) is 3.39. The zero-order chi connectivity index (χ0) is 15.0. The van der Waals surface area contributed by atoms with E-state index in [9.17, 15) is 9.18 Å². The third-order valence-electron chi connectivity index (χ3n) is 2.32. The molecule has 0 aliphatic heterocycles. The maximum absolute atomic E-state index is 12.2. The maximum Gasteiger partial charge on any atom is 0.411 e. The molecule has 6 heteroatoms. The molecule has 0 spiro atoms. The first-order valence-corrected chi connectivity index (χ1v) is 6.53. The number of nitrogens with one attached hydrogen (secondary N) is 1. The summed E-state index contributed by atoms with van der Waals surface area (Å²) in [6, 6.07) is 4.99. The fourth-order valence-electron chi connectivity index (χ4n) is 1.49. The van der Waals surface area contributed by atoms with E-state index in [4.69, 9.17) is 14.2 Å². The van der Waals surface area contributed by atoms with E-state index in [0.29, 0.717) is 30.4 Å². The highest BCUT2D eigenvalue weighted by atomic mass is 19.1. The van der Waals surface area contributed by atoms with Crippen LogP contribution in [0.2, 0.25) is 0 Å². The number of hydrogen-bond acceptors (Lipinski definition) is 4. The van der Waals surface area contributed by atoms with Crippen molar-refractivity contribution >= 4 is 11.8 Å². The SMILES string of the molecule is CCOc1ccc(NC(=O)OC(C)CF)cc1OCC. The van der Waals surface area contributed by atoms with E-state index in [-0.39, 0.29) is 0 Å². The number of hydrogen-bond donors (Lipinski definition) is 1. The van der Waals surface area contributed by atoms with E-state index < -0.39 is 18.9 Å². The van der Waals surface area contributed by atoms with Crippen LogP contribution in [0.15, 0.2) is 18.2 Å². The molecule has 1 N–H and O–H groups in total. The number of ether oxygens (including phenoxy) is 3. The lowest BCUT2D eigenvalue weighted by molar-refractivity contribution is 0.104. The van der Waals surface area contributed by atoms with Crippen LogP contribution < -0.4 is 14.8 Å². The Labute approximate surface area is 118 Å². The van der Waals surface area contributed by atoms with Gasteiger partial charge in [0, 0.05) is 11.8 Å². The molecule has 1 atom stereocenters. The van der Waals surface area contributed by atoms with Gasteiger partial charge in [0.2, 0.25) is 0 Å². The Balaban J connectivity index is 2.75. The van der Waals surface area contributed by atoms with E-state index >= 15 is 0 Å². The number of alkyl halides is 1. The lowest BCUT2D eigenvalue weighted by atomic mass is 10.2. The number of benzene rings is 1. The molecular weight excluding hydrogens is 265 g/mol. The van der Waals surface area contributed by atoms with Gasteiger partial charge >= 0.3 is 6.09 Å². The average Bonchev–Trinajstić information content (AvgIpc) is 2.42. The van der Waals surface area contributed by atoms with Gasteiger partial charge in [-0.3, -0.25) is 5.32 Å². The molecule has 20 heavy (non-hydrogen) atoms. The Morgan fingerprint density at radius 2 is 1.90 bits per heavy atom. The molecule has 1 aromatic carbocycles. The highest BCUT2D eigenvalue weighted by Gasteiger charge is 2.11. The standard InChI is InChI=1S/C14H20FNO4/c1-4-18-12-7-6-11(8-13(12)19-5-2)16-14(17)20-10(3)9-15/h6-8,10H,4-5,9H2,1-3H3,(H,16,17). The second-order valence-corrected chi connectivity index (χ2v) is 4.02. The number of amides is 1. The fourth-order valence-corrected chi connectivity index (χ4v) is 1.49. The smallest absolute Gasteiger partial charge is 0.411 e. The van der Waals surface area contributed by atoms with Crippen molar-refractivity contribution in [2.75, 3.05) is 25.2 Å². The normalized spacial score (nSPS) is 11.6. The summed E-state index contributed by atoms with van der Waals surface area (Å²) in [6.45, 7) is 5.48. The second kappa shape index (κ2) is 8.24. The van der Waals surface area contributed by atoms with Gasteiger partial charge in [-0.1, -0.05) is 0 Å². The molecule has 0 bridgehead atoms. The number of halogens is 1. The molecule has 0 aliphatic rings. The van der Waals surface area contributed by atoms with Crippen LogP contribution in [0.1, 0.15) is 20.8 Å². The van der Waals surface area contributed by atoms with Crippen LogP contribution in [0, 0.1) is 0 Å². The van der Waals surface area contributed by atoms with Crippen LogP contribution in [-0.2, 0) is 4.74 Å². The first-order chi connectivity index (χ1) is 9.60. The van der Waals surface area contributed by atoms with Gasteiger partial charge in [0.25, 0.3) is 0 Å². The number of carbonyl (C=O) groups excluding carboxylic acids is 1. The van der Waals surface area contributed by atoms with Crippen molar-refractivity contribution in [1.29, 1.82) is 0 Å². The van der Waals surface area contributed by atoms with Gasteiger partial charge < -0.3 is 14.2 Å². The minimum atomic E-state index is -0.774. The van der Waals surface area contributed by atoms with Gasteiger partial charge in [-0.25, -0.2) is 9.18 Å². The van der Waals surface area contributed by atoms with Gasteiger partial charge in [0.15, 0.2) is 11.5 Å². The zero-order valence-electron chi connectivity index (χ0n) is 11.9. The molecule has 1 amide bonds. The highest BCUT2D eigenvalue weighted by Crippen LogP contribution is 2.30. The molecular formula is C14H20FNO4. The topological polar surface area (TPSA) is 56.8 Å². The van der Waals surface area contributed by atoms with Crippen molar-refractivity contribution in [3.8, 4) is 11.5 Å². The molecule has 112 valence electrons. The Hall–Kier alpha value is -1.98. The minimum Gasteiger partial charge on any atom is -0.490 e. The Morgan fingerprint density at radius 1 is 1.25 bits per heavy atom. The second-order valence-electron chi connectivity index (χ2n) is 4.02. The van der Waals surface area contributed by atoms with Gasteiger partial charge in [-0.2, -0.15) is 0 Å². The summed E-state index contributed by atoms with van der Waals surface area (Å²) < 4.78 is 27.9. The van der Waals surface area contributed by atoms with E-state index in [0.717, 1.165) is 0 Å². The fraction of sp³-hybridized carbons (Fsp3) is 0.500. The van der Waals surface area contributed by atoms with E-state index in [1.807, 2.05) is 13.8 Å². The Bertz CT molecular complexity index is 439. The molecule has 1 aromatic rings. The minimum absolute atomic E-state index is 0.479. The van der Waals surface area contributed by atoms with E-state index in [1.165, 1.54) is 6.92 Å². The summed E-state index contributed by atoms with van der Waals surface area (Å²) >= 11 is 0. The first kappa shape index (κ1) is 16.1. The highest BCUT2D eigenvalue weighted by molar-refractivity contribution is 5.85. The van der Waals surface area contributed by atoms with Crippen molar-refractivity contribution < 1.29 is 23.4 Å². The number of anilines is 1. The maximum atomic E-state index is 12.2. The van der Waals surface area contributed by atoms with E-state index in [2.05, 4.69) is 5.32 Å². The summed E-state index contributed by atoms with van der Waals surface area (Å²) in [7, 11) is 0. The molecule has 5 nitrogen and oxygen atoms in total. The number of carbonyl (C=O) groups is 1. The van der Waals surface area contributed by atoms with Gasteiger partial charge in [0.05, 0.1) is 13.2 Å². The van der Waals surface area contributed by atoms with Crippen LogP contribution in [0.5, 0.6) is 11.5 Å². The third kappa shape index (κ3) is 4.95. The van der Waals surface area contributed by atoms with Crippen molar-refractivity contribution in [1.82, 2.24) is 0 Å². The molecule has 1 rings (SSSR count). The molecule has 0 aromatic heterocycles. The van der Waals surface area contributed by atoms with Crippen LogP contribution in [-0.4, -0.2) is 32.1 Å². The summed E-state index contributed by atoms with van der Waals surface area (Å²) in [5.74, 6) is 1.14. The van der Waals surface area contributed by atoms with Crippen LogP contribution in [0.25, 0.3) is 0 Å². The van der Waals surface area contributed by atoms with Crippen molar-refractivity contribution in [3.63, 3.8) is 0 Å². The van der Waals surface area contributed by atoms with E-state index in [1.54, 1.807) is 18.2 Å². The lowest BCUT2D eigenvalue weighted by Crippen LogP contribution is -2.21. The van der Waals surface area contributed by atoms with Crippen molar-refractivity contribution in [2.45, 2.75) is 26.9 Å². The first-order valence-electron chi connectivity index (χ1n) is 6.53. The summed E-state index contributed by atoms with van der Waals surface area (Å²) in [4.78, 5) is 11.5. The van der Waals surface area contributed by atoms with Crippen LogP contribution in [0.3, 0.4) is 0 Å². The van der Waals surface area contributed by atoms with Crippen molar-refractivity contribution in [3.05, 3.63) is 18.2 Å². The molecule has 0 fully saturated rings. The third-order valence-corrected chi connectivity index (χ3v) is 2.32. The Morgan fingerprint density at radius 3 is 2.50 bits per heavy atom. The molecule has 0 saturated carbocycles. The summed E-state index contributed by atoms with van der Waals surface area (Å²) in [6.07, 6.45) is -1.48. The molecule has 1 unspecified atom stereocenters. The molecule has 0 radical (unpaired) electrons. The van der Waals surface area contributed by atoms with Gasteiger partial charge in [-0.05, 0) is 32.9 Å². The van der Waals surface area contributed by atoms with Gasteiger partial charge in [-0.15, -0.1) is 0 Å². The van der Waals surface area contributed by atoms with Gasteiger partial charge in [0.1, 0.15) is 12.8 Å². The quantitative estimate of drug-likeness (QED) is 0.834. The van der Waals surface area contributed by atoms with Crippen LogP contribution in [0.4, 0.5) is 14.9 Å². The van der Waals surface area contributed by atoms with Crippen LogP contribution >= 0.6 is 0 Å². The predicted molar refractivity (Wildman–Crippen MR) is 74.3 cm³/mol. The average molecular weight is 285 g/mol. The monoisotopic (exact) mass is 285 g/mol. The van der Waals surface area contributed by atoms with Crippen molar-refractivity contribution in [2.24, 2.45) is 0 Å². The summed E-state index contributed by atoms with van der Waals surface area (Å²) in [5.41, 5.74) is 0.493. The largest absolute Gasteiger partial charge is 0.490 e. The number of rotatable bonds is 7. The Kier molecular flexibility index (Phi) is 6.63. The molecule has 0 saturated heterocycles. The zero-order valence-corrected chi connectivity index (χ0v) is 11.9. The molecule has 0 heterocycles. The summed E-state index contributed by atoms with van der Waals surface area (Å²) in [5, 5.41) is 2.51. The molecule has 0 aliphatic carbocycles. The lowest BCUT2D eigenvalue weighted by Gasteiger charge is -2.14.